The summed E-state index contributed by atoms with van der Waals surface area (Å²) < 4.78 is 27.2. The molecule has 0 aliphatic carbocycles. The van der Waals surface area contributed by atoms with Crippen molar-refractivity contribution in [1.82, 2.24) is 15.5 Å². The van der Waals surface area contributed by atoms with Crippen molar-refractivity contribution >= 4 is 29.5 Å². The van der Waals surface area contributed by atoms with Gasteiger partial charge < -0.3 is 15.5 Å². The van der Waals surface area contributed by atoms with Gasteiger partial charge in [-0.05, 0) is 30.2 Å². The lowest BCUT2D eigenvalue weighted by molar-refractivity contribution is -0.146. The van der Waals surface area contributed by atoms with E-state index in [2.05, 4.69) is 10.6 Å². The second kappa shape index (κ2) is 9.05. The van der Waals surface area contributed by atoms with E-state index in [4.69, 9.17) is 0 Å². The Bertz CT molecular complexity index is 1000. The summed E-state index contributed by atoms with van der Waals surface area (Å²) >= 11 is 1.56. The molecule has 6 nitrogen and oxygen atoms in total. The molecule has 0 saturated carbocycles. The molecule has 3 atom stereocenters. The fourth-order valence-corrected chi connectivity index (χ4v) is 4.89. The molecule has 4 rings (SSSR count). The van der Waals surface area contributed by atoms with Crippen LogP contribution in [0.1, 0.15) is 22.3 Å². The van der Waals surface area contributed by atoms with Gasteiger partial charge in [0.05, 0.1) is 5.56 Å². The zero-order valence-corrected chi connectivity index (χ0v) is 17.3. The first-order valence-corrected chi connectivity index (χ1v) is 11.1. The van der Waals surface area contributed by atoms with Gasteiger partial charge in [-0.25, -0.2) is 8.78 Å². The Morgan fingerprint density at radius 1 is 1.16 bits per heavy atom. The smallest absolute Gasteiger partial charge is 0.254 e. The Balaban J connectivity index is 1.35. The molecule has 0 radical (unpaired) electrons. The number of benzene rings is 2. The third kappa shape index (κ3) is 4.71. The van der Waals surface area contributed by atoms with Gasteiger partial charge in [-0.15, -0.1) is 0 Å². The van der Waals surface area contributed by atoms with Crippen LogP contribution >= 0.6 is 11.8 Å². The van der Waals surface area contributed by atoms with Crippen LogP contribution in [0.5, 0.6) is 0 Å². The van der Waals surface area contributed by atoms with Gasteiger partial charge in [0.25, 0.3) is 5.91 Å². The summed E-state index contributed by atoms with van der Waals surface area (Å²) in [6, 6.07) is 10.6. The Morgan fingerprint density at radius 3 is 2.71 bits per heavy atom. The first kappa shape index (κ1) is 21.3. The topological polar surface area (TPSA) is 78.5 Å². The van der Waals surface area contributed by atoms with E-state index in [1.165, 1.54) is 4.90 Å². The number of thioether (sulfide) groups is 1. The van der Waals surface area contributed by atoms with Gasteiger partial charge >= 0.3 is 0 Å². The zero-order chi connectivity index (χ0) is 22.0. The summed E-state index contributed by atoms with van der Waals surface area (Å²) in [5.41, 5.74) is 0.726. The minimum Gasteiger partial charge on any atom is -0.347 e. The van der Waals surface area contributed by atoms with E-state index in [9.17, 15) is 23.2 Å². The summed E-state index contributed by atoms with van der Waals surface area (Å²) in [5, 5.41) is 5.39. The number of carbonyl (C=O) groups excluding carboxylic acids is 3. The summed E-state index contributed by atoms with van der Waals surface area (Å²) in [6.07, 6.45) is 0.226. The van der Waals surface area contributed by atoms with Gasteiger partial charge in [-0.3, -0.25) is 14.4 Å². The van der Waals surface area contributed by atoms with Crippen LogP contribution in [0.4, 0.5) is 8.78 Å². The molecule has 2 aromatic carbocycles. The number of hydrogen-bond donors (Lipinski definition) is 2. The largest absolute Gasteiger partial charge is 0.347 e. The Morgan fingerprint density at radius 2 is 1.94 bits per heavy atom. The predicted molar refractivity (Wildman–Crippen MR) is 112 cm³/mol. The standard InChI is InChI=1S/C22H21F2N3O3S/c23-14-6-7-17(24)16(8-14)20(28)25-15-9-19-21(29)26-18(22(30)27(19)10-15)12-31-11-13-4-2-1-3-5-13/h1-8,15,18-19H,9-12H2,(H,25,28)(H,26,29)/t15-,18-,19-/m0/s1. The van der Waals surface area contributed by atoms with Crippen molar-refractivity contribution in [1.29, 1.82) is 0 Å². The summed E-state index contributed by atoms with van der Waals surface area (Å²) in [6.45, 7) is 0.152. The third-order valence-corrected chi connectivity index (χ3v) is 6.51. The molecule has 0 bridgehead atoms. The van der Waals surface area contributed by atoms with Crippen LogP contribution in [0, 0.1) is 11.6 Å². The lowest BCUT2D eigenvalue weighted by Gasteiger charge is -2.34. The third-order valence-electron chi connectivity index (χ3n) is 5.41. The van der Waals surface area contributed by atoms with Gasteiger partial charge in [0, 0.05) is 24.1 Å². The van der Waals surface area contributed by atoms with Gasteiger partial charge in [0.15, 0.2) is 0 Å². The summed E-state index contributed by atoms with van der Waals surface area (Å²) in [4.78, 5) is 39.2. The maximum absolute atomic E-state index is 13.8. The Hall–Kier alpha value is -2.94. The van der Waals surface area contributed by atoms with Gasteiger partial charge in [0.1, 0.15) is 23.7 Å². The summed E-state index contributed by atoms with van der Waals surface area (Å²) in [5.74, 6) is -1.63. The van der Waals surface area contributed by atoms with E-state index < -0.39 is 41.2 Å². The normalized spacial score (nSPS) is 22.8. The summed E-state index contributed by atoms with van der Waals surface area (Å²) in [7, 11) is 0. The highest BCUT2D eigenvalue weighted by molar-refractivity contribution is 7.98. The highest BCUT2D eigenvalue weighted by Gasteiger charge is 2.46. The first-order valence-electron chi connectivity index (χ1n) is 9.91. The van der Waals surface area contributed by atoms with Crippen LogP contribution in [-0.4, -0.2) is 53.0 Å². The number of rotatable bonds is 6. The van der Waals surface area contributed by atoms with Crippen LogP contribution < -0.4 is 10.6 Å². The number of nitrogens with one attached hydrogen (secondary N) is 2. The molecular weight excluding hydrogens is 424 g/mol. The van der Waals surface area contributed by atoms with E-state index in [1.54, 1.807) is 11.8 Å². The lowest BCUT2D eigenvalue weighted by atomic mass is 10.1. The van der Waals surface area contributed by atoms with Crippen molar-refractivity contribution in [2.45, 2.75) is 30.3 Å². The van der Waals surface area contributed by atoms with Gasteiger partial charge in [-0.2, -0.15) is 11.8 Å². The number of piperazine rings is 1. The molecule has 2 aliphatic heterocycles. The van der Waals surface area contributed by atoms with E-state index >= 15 is 0 Å². The van der Waals surface area contributed by atoms with Crippen LogP contribution in [-0.2, 0) is 15.3 Å². The Labute approximate surface area is 182 Å². The lowest BCUT2D eigenvalue weighted by Crippen LogP contribution is -2.61. The minimum atomic E-state index is -0.834. The van der Waals surface area contributed by atoms with Gasteiger partial charge in [0.2, 0.25) is 11.8 Å². The van der Waals surface area contributed by atoms with Crippen LogP contribution in [0.2, 0.25) is 0 Å². The van der Waals surface area contributed by atoms with Crippen molar-refractivity contribution in [3.8, 4) is 0 Å². The molecule has 3 amide bonds. The second-order valence-corrected chi connectivity index (χ2v) is 8.63. The monoisotopic (exact) mass is 445 g/mol. The Kier molecular flexibility index (Phi) is 6.22. The number of fused-ring (bicyclic) bond motifs is 1. The van der Waals surface area contributed by atoms with Crippen molar-refractivity contribution in [3.05, 3.63) is 71.3 Å². The van der Waals surface area contributed by atoms with Crippen molar-refractivity contribution in [2.75, 3.05) is 12.3 Å². The number of carbonyl (C=O) groups is 3. The maximum atomic E-state index is 13.8. The second-order valence-electron chi connectivity index (χ2n) is 7.60. The quantitative estimate of drug-likeness (QED) is 0.714. The molecule has 2 heterocycles. The molecule has 31 heavy (non-hydrogen) atoms. The van der Waals surface area contributed by atoms with E-state index in [1.807, 2.05) is 30.3 Å². The molecule has 2 aliphatic rings. The minimum absolute atomic E-state index is 0.152. The van der Waals surface area contributed by atoms with E-state index in [0.29, 0.717) is 5.75 Å². The molecular formula is C22H21F2N3O3S. The van der Waals surface area contributed by atoms with Crippen molar-refractivity contribution in [2.24, 2.45) is 0 Å². The number of nitrogens with zero attached hydrogens (tertiary/aromatic N) is 1. The van der Waals surface area contributed by atoms with Crippen molar-refractivity contribution in [3.63, 3.8) is 0 Å². The van der Waals surface area contributed by atoms with Crippen LogP contribution in [0.3, 0.4) is 0 Å². The number of amides is 3. The molecule has 0 spiro atoms. The van der Waals surface area contributed by atoms with Crippen LogP contribution in [0.15, 0.2) is 48.5 Å². The molecule has 0 aromatic heterocycles. The fourth-order valence-electron chi connectivity index (χ4n) is 3.88. The molecule has 162 valence electrons. The maximum Gasteiger partial charge on any atom is 0.254 e. The molecule has 2 fully saturated rings. The number of hydrogen-bond acceptors (Lipinski definition) is 4. The first-order chi connectivity index (χ1) is 14.9. The van der Waals surface area contributed by atoms with Crippen molar-refractivity contribution < 1.29 is 23.2 Å². The highest BCUT2D eigenvalue weighted by atomic mass is 32.2. The fraction of sp³-hybridized carbons (Fsp3) is 0.318. The van der Waals surface area contributed by atoms with Crippen LogP contribution in [0.25, 0.3) is 0 Å². The van der Waals surface area contributed by atoms with E-state index in [-0.39, 0.29) is 24.8 Å². The van der Waals surface area contributed by atoms with E-state index in [0.717, 1.165) is 29.5 Å². The molecule has 2 N–H and O–H groups in total. The zero-order valence-electron chi connectivity index (χ0n) is 16.5. The van der Waals surface area contributed by atoms with Gasteiger partial charge in [-0.1, -0.05) is 30.3 Å². The molecule has 0 unspecified atom stereocenters. The molecule has 9 heteroatoms. The number of halogens is 2. The average Bonchev–Trinajstić information content (AvgIpc) is 3.18. The highest BCUT2D eigenvalue weighted by Crippen LogP contribution is 2.25. The molecule has 2 aromatic rings. The average molecular weight is 445 g/mol. The SMILES string of the molecule is O=C(N[C@H]1C[C@H]2C(=O)N[C@@H](CSCc3ccccc3)C(=O)N2C1)c1cc(F)ccc1F. The molecule has 2 saturated heterocycles. The predicted octanol–water partition coefficient (Wildman–Crippen LogP) is 2.10.